The van der Waals surface area contributed by atoms with Crippen molar-refractivity contribution in [3.63, 3.8) is 0 Å². The van der Waals surface area contributed by atoms with Crippen molar-refractivity contribution in [2.75, 3.05) is 0 Å². The number of aromatic nitrogens is 2. The quantitative estimate of drug-likeness (QED) is 0.739. The molecule has 0 fully saturated rings. The lowest BCUT2D eigenvalue weighted by atomic mass is 9.89. The maximum atomic E-state index is 3.87. The van der Waals surface area contributed by atoms with Gasteiger partial charge in [0.2, 0.25) is 0 Å². The maximum Gasteiger partial charge on any atom is 0.129 e. The summed E-state index contributed by atoms with van der Waals surface area (Å²) in [6, 6.07) is 2.01. The van der Waals surface area contributed by atoms with Crippen LogP contribution in [0.5, 0.6) is 0 Å². The van der Waals surface area contributed by atoms with Crippen molar-refractivity contribution < 1.29 is 0 Å². The highest BCUT2D eigenvalue weighted by molar-refractivity contribution is 9.10. The van der Waals surface area contributed by atoms with E-state index in [2.05, 4.69) is 46.9 Å². The molecular formula is C9H13BrN2. The highest BCUT2D eigenvalue weighted by Gasteiger charge is 2.11. The summed E-state index contributed by atoms with van der Waals surface area (Å²) in [5, 5.41) is 7.71. The SMILES string of the molecule is CC(C)(C)Cc1cnnc(Br)c1. The standard InChI is InChI=1S/C9H13BrN2/c1-9(2,3)5-7-4-8(10)12-11-6-7/h4,6H,5H2,1-3H3. The zero-order valence-electron chi connectivity index (χ0n) is 7.63. The molecule has 1 aromatic heterocycles. The summed E-state index contributed by atoms with van der Waals surface area (Å²) >= 11 is 3.30. The third-order valence-corrected chi connectivity index (χ3v) is 1.80. The molecule has 1 heterocycles. The molecule has 0 saturated heterocycles. The van der Waals surface area contributed by atoms with Crippen LogP contribution in [0.1, 0.15) is 26.3 Å². The first-order valence-electron chi connectivity index (χ1n) is 3.94. The maximum absolute atomic E-state index is 3.87. The second-order valence-electron chi connectivity index (χ2n) is 4.12. The van der Waals surface area contributed by atoms with Gasteiger partial charge in [-0.3, -0.25) is 0 Å². The van der Waals surface area contributed by atoms with Crippen LogP contribution in [-0.4, -0.2) is 10.2 Å². The summed E-state index contributed by atoms with van der Waals surface area (Å²) < 4.78 is 0.809. The molecule has 0 aliphatic heterocycles. The zero-order chi connectivity index (χ0) is 9.19. The molecule has 0 spiro atoms. The molecule has 0 saturated carbocycles. The average Bonchev–Trinajstić information content (AvgIpc) is 1.82. The van der Waals surface area contributed by atoms with Gasteiger partial charge in [0, 0.05) is 0 Å². The van der Waals surface area contributed by atoms with Gasteiger partial charge in [0.05, 0.1) is 6.20 Å². The first kappa shape index (κ1) is 9.65. The first-order valence-corrected chi connectivity index (χ1v) is 4.74. The predicted octanol–water partition coefficient (Wildman–Crippen LogP) is 2.83. The van der Waals surface area contributed by atoms with E-state index in [1.165, 1.54) is 5.56 Å². The van der Waals surface area contributed by atoms with Gasteiger partial charge in [0.1, 0.15) is 4.60 Å². The monoisotopic (exact) mass is 228 g/mol. The van der Waals surface area contributed by atoms with Crippen LogP contribution in [0.15, 0.2) is 16.9 Å². The Kier molecular flexibility index (Phi) is 2.83. The molecule has 0 radical (unpaired) electrons. The van der Waals surface area contributed by atoms with Crippen LogP contribution in [0.2, 0.25) is 0 Å². The summed E-state index contributed by atoms with van der Waals surface area (Å²) in [6.45, 7) is 6.63. The van der Waals surface area contributed by atoms with Gasteiger partial charge in [-0.25, -0.2) is 0 Å². The lowest BCUT2D eigenvalue weighted by Crippen LogP contribution is -2.09. The molecular weight excluding hydrogens is 216 g/mol. The summed E-state index contributed by atoms with van der Waals surface area (Å²) in [4.78, 5) is 0. The van der Waals surface area contributed by atoms with Crippen LogP contribution in [0.4, 0.5) is 0 Å². The average molecular weight is 229 g/mol. The normalized spacial score (nSPS) is 11.7. The predicted molar refractivity (Wildman–Crippen MR) is 52.9 cm³/mol. The number of hydrogen-bond donors (Lipinski definition) is 0. The second kappa shape index (κ2) is 3.52. The Morgan fingerprint density at radius 1 is 1.42 bits per heavy atom. The molecule has 0 unspecified atom stereocenters. The van der Waals surface area contributed by atoms with Crippen molar-refractivity contribution in [1.29, 1.82) is 0 Å². The molecule has 1 aromatic rings. The van der Waals surface area contributed by atoms with Crippen molar-refractivity contribution >= 4 is 15.9 Å². The number of rotatable bonds is 1. The Morgan fingerprint density at radius 3 is 2.58 bits per heavy atom. The fourth-order valence-electron chi connectivity index (χ4n) is 1.09. The van der Waals surface area contributed by atoms with Crippen LogP contribution in [-0.2, 0) is 6.42 Å². The van der Waals surface area contributed by atoms with Crippen molar-refractivity contribution in [3.05, 3.63) is 22.4 Å². The molecule has 0 atom stereocenters. The van der Waals surface area contributed by atoms with E-state index in [-0.39, 0.29) is 0 Å². The Balaban J connectivity index is 2.77. The van der Waals surface area contributed by atoms with E-state index >= 15 is 0 Å². The molecule has 0 aromatic carbocycles. The molecule has 1 rings (SSSR count). The minimum Gasteiger partial charge on any atom is -0.158 e. The fraction of sp³-hybridized carbons (Fsp3) is 0.556. The summed E-state index contributed by atoms with van der Waals surface area (Å²) in [7, 11) is 0. The summed E-state index contributed by atoms with van der Waals surface area (Å²) in [5.74, 6) is 0. The van der Waals surface area contributed by atoms with Gasteiger partial charge in [0.25, 0.3) is 0 Å². The summed E-state index contributed by atoms with van der Waals surface area (Å²) in [5.41, 5.74) is 1.53. The number of hydrogen-bond acceptors (Lipinski definition) is 2. The molecule has 3 heteroatoms. The van der Waals surface area contributed by atoms with E-state index in [9.17, 15) is 0 Å². The molecule has 0 N–H and O–H groups in total. The Labute approximate surface area is 81.5 Å². The van der Waals surface area contributed by atoms with Crippen LogP contribution in [0.25, 0.3) is 0 Å². The van der Waals surface area contributed by atoms with Gasteiger partial charge in [-0.15, -0.1) is 5.10 Å². The Hall–Kier alpha value is -0.440. The van der Waals surface area contributed by atoms with Gasteiger partial charge in [-0.05, 0) is 39.4 Å². The topological polar surface area (TPSA) is 25.8 Å². The van der Waals surface area contributed by atoms with Crippen LogP contribution >= 0.6 is 15.9 Å². The second-order valence-corrected chi connectivity index (χ2v) is 4.94. The van der Waals surface area contributed by atoms with Crippen molar-refractivity contribution in [3.8, 4) is 0 Å². The third-order valence-electron chi connectivity index (χ3n) is 1.42. The van der Waals surface area contributed by atoms with Crippen LogP contribution in [0, 0.1) is 5.41 Å². The van der Waals surface area contributed by atoms with E-state index in [1.54, 1.807) is 0 Å². The first-order chi connectivity index (χ1) is 5.47. The van der Waals surface area contributed by atoms with E-state index in [0.717, 1.165) is 11.0 Å². The number of halogens is 1. The zero-order valence-corrected chi connectivity index (χ0v) is 9.22. The van der Waals surface area contributed by atoms with Crippen LogP contribution < -0.4 is 0 Å². The minimum atomic E-state index is 0.308. The lowest BCUT2D eigenvalue weighted by molar-refractivity contribution is 0.410. The molecule has 0 aliphatic carbocycles. The smallest absolute Gasteiger partial charge is 0.129 e. The molecule has 66 valence electrons. The Bertz CT molecular complexity index is 265. The fourth-order valence-corrected chi connectivity index (χ4v) is 1.47. The molecule has 0 aliphatic rings. The van der Waals surface area contributed by atoms with Crippen molar-refractivity contribution in [1.82, 2.24) is 10.2 Å². The van der Waals surface area contributed by atoms with Gasteiger partial charge < -0.3 is 0 Å². The van der Waals surface area contributed by atoms with E-state index in [0.29, 0.717) is 5.41 Å². The largest absolute Gasteiger partial charge is 0.158 e. The van der Waals surface area contributed by atoms with Gasteiger partial charge in [-0.2, -0.15) is 5.10 Å². The molecule has 0 bridgehead atoms. The van der Waals surface area contributed by atoms with Gasteiger partial charge in [0.15, 0.2) is 0 Å². The van der Waals surface area contributed by atoms with Gasteiger partial charge >= 0.3 is 0 Å². The van der Waals surface area contributed by atoms with Crippen LogP contribution in [0.3, 0.4) is 0 Å². The Morgan fingerprint density at radius 2 is 2.08 bits per heavy atom. The van der Waals surface area contributed by atoms with Gasteiger partial charge in [-0.1, -0.05) is 20.8 Å². The highest BCUT2D eigenvalue weighted by atomic mass is 79.9. The van der Waals surface area contributed by atoms with E-state index in [4.69, 9.17) is 0 Å². The van der Waals surface area contributed by atoms with E-state index in [1.807, 2.05) is 12.3 Å². The highest BCUT2D eigenvalue weighted by Crippen LogP contribution is 2.20. The minimum absolute atomic E-state index is 0.308. The third kappa shape index (κ3) is 3.30. The molecule has 12 heavy (non-hydrogen) atoms. The number of nitrogens with zero attached hydrogens (tertiary/aromatic N) is 2. The summed E-state index contributed by atoms with van der Waals surface area (Å²) in [6.07, 6.45) is 2.84. The molecule has 0 amide bonds. The van der Waals surface area contributed by atoms with E-state index < -0.39 is 0 Å². The van der Waals surface area contributed by atoms with Crippen molar-refractivity contribution in [2.45, 2.75) is 27.2 Å². The van der Waals surface area contributed by atoms with Crippen molar-refractivity contribution in [2.24, 2.45) is 5.41 Å². The molecule has 2 nitrogen and oxygen atoms in total. The lowest BCUT2D eigenvalue weighted by Gasteiger charge is -2.17.